The van der Waals surface area contributed by atoms with Gasteiger partial charge in [-0.05, 0) is 31.5 Å². The molecule has 6 nitrogen and oxygen atoms in total. The lowest BCUT2D eigenvalue weighted by atomic mass is 10.2. The van der Waals surface area contributed by atoms with Crippen molar-refractivity contribution in [1.29, 1.82) is 0 Å². The van der Waals surface area contributed by atoms with E-state index in [-0.39, 0.29) is 5.75 Å². The Hall–Kier alpha value is -2.81. The summed E-state index contributed by atoms with van der Waals surface area (Å²) in [6, 6.07) is 3.89. The molecule has 1 amide bonds. The molecule has 3 N–H and O–H groups in total. The average molecular weight is 378 g/mol. The van der Waals surface area contributed by atoms with E-state index in [2.05, 4.69) is 15.3 Å². The Morgan fingerprint density at radius 1 is 1.42 bits per heavy atom. The molecule has 0 aliphatic heterocycles. The van der Waals surface area contributed by atoms with Crippen LogP contribution in [0.15, 0.2) is 24.5 Å². The third-order valence-corrected chi connectivity index (χ3v) is 4.91. The van der Waals surface area contributed by atoms with Gasteiger partial charge in [0.1, 0.15) is 41.3 Å². The number of ether oxygens (including phenoxy) is 1. The summed E-state index contributed by atoms with van der Waals surface area (Å²) in [5.41, 5.74) is 6.47. The van der Waals surface area contributed by atoms with Crippen molar-refractivity contribution in [3.05, 3.63) is 40.8 Å². The first-order chi connectivity index (χ1) is 12.4. The lowest BCUT2D eigenvalue weighted by Gasteiger charge is -2.16. The van der Waals surface area contributed by atoms with Crippen LogP contribution in [-0.4, -0.2) is 28.7 Å². The molecule has 0 saturated heterocycles. The van der Waals surface area contributed by atoms with Gasteiger partial charge in [-0.1, -0.05) is 0 Å². The second-order valence-electron chi connectivity index (χ2n) is 5.67. The minimum Gasteiger partial charge on any atom is -0.486 e. The number of aryl methyl sites for hydroxylation is 1. The zero-order valence-electron chi connectivity index (χ0n) is 14.0. The first kappa shape index (κ1) is 18.0. The fraction of sp³-hybridized carbons (Fsp3) is 0.235. The van der Waals surface area contributed by atoms with Crippen LogP contribution in [0.3, 0.4) is 0 Å². The third-order valence-electron chi connectivity index (χ3n) is 3.69. The van der Waals surface area contributed by atoms with Crippen molar-refractivity contribution < 1.29 is 18.3 Å². The highest BCUT2D eigenvalue weighted by Gasteiger charge is 2.19. The number of nitrogens with two attached hydrogens (primary N) is 1. The maximum absolute atomic E-state index is 13.6. The van der Waals surface area contributed by atoms with E-state index in [1.54, 1.807) is 13.8 Å². The number of rotatable bonds is 6. The number of benzene rings is 1. The largest absolute Gasteiger partial charge is 0.486 e. The van der Waals surface area contributed by atoms with Gasteiger partial charge in [0, 0.05) is 6.07 Å². The predicted molar refractivity (Wildman–Crippen MR) is 96.4 cm³/mol. The molecule has 0 saturated carbocycles. The highest BCUT2D eigenvalue weighted by molar-refractivity contribution is 7.20. The standard InChI is InChI=1S/C17H16F2N4O2S/c1-8(6-18)25-12-5-10(19)3-4-11(12)23-16-13-9(2)14(15(20)24)26-17(13)22-7-21-16/h3-5,7-8H,6H2,1-2H3,(H2,20,24)(H,21,22,23). The van der Waals surface area contributed by atoms with Crippen molar-refractivity contribution in [2.24, 2.45) is 5.73 Å². The number of amides is 1. The van der Waals surface area contributed by atoms with Gasteiger partial charge in [-0.2, -0.15) is 0 Å². The van der Waals surface area contributed by atoms with Gasteiger partial charge >= 0.3 is 0 Å². The zero-order valence-corrected chi connectivity index (χ0v) is 14.9. The van der Waals surface area contributed by atoms with Crippen LogP contribution in [0.1, 0.15) is 22.2 Å². The van der Waals surface area contributed by atoms with Crippen molar-refractivity contribution >= 4 is 39.0 Å². The lowest BCUT2D eigenvalue weighted by Crippen LogP contribution is -2.14. The van der Waals surface area contributed by atoms with Crippen LogP contribution in [0.4, 0.5) is 20.3 Å². The van der Waals surface area contributed by atoms with Gasteiger partial charge in [0.2, 0.25) is 0 Å². The Morgan fingerprint density at radius 3 is 2.88 bits per heavy atom. The molecule has 3 aromatic rings. The molecule has 0 spiro atoms. The summed E-state index contributed by atoms with van der Waals surface area (Å²) in [7, 11) is 0. The number of fused-ring (bicyclic) bond motifs is 1. The average Bonchev–Trinajstić information content (AvgIpc) is 2.95. The summed E-state index contributed by atoms with van der Waals surface area (Å²) < 4.78 is 31.8. The van der Waals surface area contributed by atoms with Gasteiger partial charge in [-0.3, -0.25) is 4.79 Å². The van der Waals surface area contributed by atoms with E-state index in [0.717, 1.165) is 0 Å². The summed E-state index contributed by atoms with van der Waals surface area (Å²) >= 11 is 1.17. The highest BCUT2D eigenvalue weighted by atomic mass is 32.1. The molecule has 0 radical (unpaired) electrons. The van der Waals surface area contributed by atoms with E-state index in [1.165, 1.54) is 35.9 Å². The zero-order chi connectivity index (χ0) is 18.8. The summed E-state index contributed by atoms with van der Waals surface area (Å²) in [5.74, 6) is -0.475. The number of nitrogens with zero attached hydrogens (tertiary/aromatic N) is 2. The number of hydrogen-bond donors (Lipinski definition) is 2. The molecule has 1 aromatic carbocycles. The summed E-state index contributed by atoms with van der Waals surface area (Å²) in [6.45, 7) is 2.58. The normalized spacial score (nSPS) is 12.2. The molecule has 0 aliphatic carbocycles. The van der Waals surface area contributed by atoms with E-state index in [9.17, 15) is 13.6 Å². The van der Waals surface area contributed by atoms with Crippen molar-refractivity contribution in [3.8, 4) is 5.75 Å². The van der Waals surface area contributed by atoms with Crippen LogP contribution in [0.2, 0.25) is 0 Å². The van der Waals surface area contributed by atoms with E-state index in [0.29, 0.717) is 32.2 Å². The smallest absolute Gasteiger partial charge is 0.259 e. The van der Waals surface area contributed by atoms with Gasteiger partial charge < -0.3 is 15.8 Å². The van der Waals surface area contributed by atoms with Crippen LogP contribution in [-0.2, 0) is 0 Å². The Labute approximate surface area is 152 Å². The van der Waals surface area contributed by atoms with E-state index in [1.807, 2.05) is 0 Å². The molecule has 0 bridgehead atoms. The number of carbonyl (C=O) groups is 1. The van der Waals surface area contributed by atoms with Gasteiger partial charge in [0.25, 0.3) is 5.91 Å². The van der Waals surface area contributed by atoms with Crippen LogP contribution < -0.4 is 15.8 Å². The van der Waals surface area contributed by atoms with E-state index < -0.39 is 24.5 Å². The molecular formula is C17H16F2N4O2S. The van der Waals surface area contributed by atoms with Crippen LogP contribution in [0.25, 0.3) is 10.2 Å². The number of alkyl halides is 1. The predicted octanol–water partition coefficient (Wildman–Crippen LogP) is 3.72. The topological polar surface area (TPSA) is 90.1 Å². The van der Waals surface area contributed by atoms with Gasteiger partial charge in [-0.15, -0.1) is 11.3 Å². The molecular weight excluding hydrogens is 362 g/mol. The van der Waals surface area contributed by atoms with Crippen molar-refractivity contribution in [2.75, 3.05) is 12.0 Å². The van der Waals surface area contributed by atoms with E-state index >= 15 is 0 Å². The van der Waals surface area contributed by atoms with Crippen LogP contribution in [0.5, 0.6) is 5.75 Å². The molecule has 2 aromatic heterocycles. The lowest BCUT2D eigenvalue weighted by molar-refractivity contribution is 0.100. The molecule has 26 heavy (non-hydrogen) atoms. The van der Waals surface area contributed by atoms with Gasteiger partial charge in [0.05, 0.1) is 16.0 Å². The fourth-order valence-electron chi connectivity index (χ4n) is 2.47. The molecule has 136 valence electrons. The molecule has 1 unspecified atom stereocenters. The minimum absolute atomic E-state index is 0.157. The Balaban J connectivity index is 2.06. The Morgan fingerprint density at radius 2 is 2.19 bits per heavy atom. The quantitative estimate of drug-likeness (QED) is 0.682. The second kappa shape index (κ2) is 7.20. The third kappa shape index (κ3) is 3.43. The summed E-state index contributed by atoms with van der Waals surface area (Å²) in [4.78, 5) is 20.9. The monoisotopic (exact) mass is 378 g/mol. The first-order valence-corrected chi connectivity index (χ1v) is 8.55. The minimum atomic E-state index is -0.730. The Kier molecular flexibility index (Phi) is 4.99. The van der Waals surface area contributed by atoms with Gasteiger partial charge in [0.15, 0.2) is 0 Å². The van der Waals surface area contributed by atoms with Crippen LogP contribution >= 0.6 is 11.3 Å². The number of hydrogen-bond acceptors (Lipinski definition) is 6. The first-order valence-electron chi connectivity index (χ1n) is 7.73. The summed E-state index contributed by atoms with van der Waals surface area (Å²) in [6.07, 6.45) is 0.617. The van der Waals surface area contributed by atoms with Crippen molar-refractivity contribution in [3.63, 3.8) is 0 Å². The number of halogens is 2. The number of anilines is 2. The fourth-order valence-corrected chi connectivity index (χ4v) is 3.47. The number of aromatic nitrogens is 2. The molecule has 9 heteroatoms. The molecule has 3 rings (SSSR count). The number of nitrogens with one attached hydrogen (secondary N) is 1. The highest BCUT2D eigenvalue weighted by Crippen LogP contribution is 2.36. The number of thiophene rings is 1. The molecule has 1 atom stereocenters. The van der Waals surface area contributed by atoms with Gasteiger partial charge in [-0.25, -0.2) is 18.7 Å². The number of carbonyl (C=O) groups excluding carboxylic acids is 1. The van der Waals surface area contributed by atoms with Crippen molar-refractivity contribution in [1.82, 2.24) is 9.97 Å². The summed E-state index contributed by atoms with van der Waals surface area (Å²) in [5, 5.41) is 3.69. The maximum Gasteiger partial charge on any atom is 0.259 e. The molecule has 2 heterocycles. The second-order valence-corrected chi connectivity index (χ2v) is 6.67. The Bertz CT molecular complexity index is 977. The van der Waals surface area contributed by atoms with Crippen LogP contribution in [0, 0.1) is 12.7 Å². The molecule has 0 aliphatic rings. The number of primary amides is 1. The van der Waals surface area contributed by atoms with Crippen molar-refractivity contribution in [2.45, 2.75) is 20.0 Å². The SMILES string of the molecule is Cc1c(C(N)=O)sc2ncnc(Nc3ccc(F)cc3OC(C)CF)c12. The maximum atomic E-state index is 13.6. The van der Waals surface area contributed by atoms with E-state index in [4.69, 9.17) is 10.5 Å². The molecule has 0 fully saturated rings.